The summed E-state index contributed by atoms with van der Waals surface area (Å²) < 4.78 is 15.4. The minimum atomic E-state index is -2.15. The number of rotatable bonds is 8. The second kappa shape index (κ2) is 8.35. The van der Waals surface area contributed by atoms with E-state index < -0.39 is 7.29 Å². The second-order valence-electron chi connectivity index (χ2n) is 5.50. The molecule has 0 bridgehead atoms. The normalized spacial score (nSPS) is 18.4. The lowest BCUT2D eigenvalue weighted by Gasteiger charge is -2.39. The smallest absolute Gasteiger partial charge is 0.163 e. The van der Waals surface area contributed by atoms with Crippen LogP contribution < -0.4 is 0 Å². The Morgan fingerprint density at radius 2 is 1.50 bits per heavy atom. The highest BCUT2D eigenvalue weighted by atomic mass is 31.2. The molecule has 0 aliphatic carbocycles. The van der Waals surface area contributed by atoms with Crippen molar-refractivity contribution < 1.29 is 4.57 Å². The molecule has 1 aliphatic heterocycles. The summed E-state index contributed by atoms with van der Waals surface area (Å²) in [6.07, 6.45) is 10.1. The Morgan fingerprint density at radius 1 is 1.00 bits per heavy atom. The first-order valence-electron chi connectivity index (χ1n) is 7.71. The first-order valence-corrected chi connectivity index (χ1v) is 9.74. The summed E-state index contributed by atoms with van der Waals surface area (Å²) in [7, 11) is -0.0858. The second-order valence-corrected chi connectivity index (χ2v) is 8.67. The van der Waals surface area contributed by atoms with Crippen molar-refractivity contribution >= 4 is 7.29 Å². The van der Waals surface area contributed by atoms with E-state index >= 15 is 0 Å². The fourth-order valence-electron chi connectivity index (χ4n) is 2.61. The van der Waals surface area contributed by atoms with Crippen molar-refractivity contribution in [3.8, 4) is 0 Å². The zero-order chi connectivity index (χ0) is 13.4. The van der Waals surface area contributed by atoms with Crippen molar-refractivity contribution in [1.29, 1.82) is 0 Å². The average molecular weight is 274 g/mol. The van der Waals surface area contributed by atoms with E-state index in [0.29, 0.717) is 0 Å². The zero-order valence-electron chi connectivity index (χ0n) is 12.5. The van der Waals surface area contributed by atoms with Gasteiger partial charge in [0, 0.05) is 32.5 Å². The maximum absolute atomic E-state index is 13.2. The fraction of sp³-hybridized carbons (Fsp3) is 1.00. The molecule has 0 saturated carbocycles. The number of hydrogen-bond acceptors (Lipinski definition) is 2. The van der Waals surface area contributed by atoms with Gasteiger partial charge in [-0.05, 0) is 25.7 Å². The summed E-state index contributed by atoms with van der Waals surface area (Å²) in [5, 5.41) is 2.34. The van der Waals surface area contributed by atoms with E-state index in [9.17, 15) is 4.57 Å². The van der Waals surface area contributed by atoms with Crippen LogP contribution in [0.5, 0.6) is 0 Å². The van der Waals surface area contributed by atoms with Gasteiger partial charge in [0.2, 0.25) is 0 Å². The van der Waals surface area contributed by atoms with Crippen LogP contribution in [0.25, 0.3) is 0 Å². The van der Waals surface area contributed by atoms with Crippen molar-refractivity contribution in [2.24, 2.45) is 0 Å². The van der Waals surface area contributed by atoms with Crippen molar-refractivity contribution in [1.82, 2.24) is 9.79 Å². The Labute approximate surface area is 113 Å². The first-order chi connectivity index (χ1) is 8.64. The van der Waals surface area contributed by atoms with Crippen LogP contribution in [-0.2, 0) is 4.57 Å². The van der Waals surface area contributed by atoms with Gasteiger partial charge in [-0.25, -0.2) is 5.01 Å². The molecule has 4 heteroatoms. The van der Waals surface area contributed by atoms with Crippen LogP contribution in [-0.4, -0.2) is 42.2 Å². The Hall–Kier alpha value is 0.150. The Balaban J connectivity index is 2.63. The summed E-state index contributed by atoms with van der Waals surface area (Å²) in [6, 6.07) is 0. The van der Waals surface area contributed by atoms with Crippen molar-refractivity contribution in [3.63, 3.8) is 0 Å². The molecule has 0 N–H and O–H groups in total. The highest BCUT2D eigenvalue weighted by Gasteiger charge is 2.31. The highest BCUT2D eigenvalue weighted by Crippen LogP contribution is 2.51. The van der Waals surface area contributed by atoms with Crippen LogP contribution in [0.3, 0.4) is 0 Å². The molecule has 0 unspecified atom stereocenters. The monoisotopic (exact) mass is 274 g/mol. The maximum Gasteiger partial charge on any atom is 0.163 e. The Kier molecular flexibility index (Phi) is 7.51. The van der Waals surface area contributed by atoms with Crippen LogP contribution in [0.1, 0.15) is 58.8 Å². The molecule has 1 heterocycles. The molecule has 0 atom stereocenters. The predicted octanol–water partition coefficient (Wildman–Crippen LogP) is 4.20. The fourth-order valence-corrected chi connectivity index (χ4v) is 5.67. The van der Waals surface area contributed by atoms with E-state index in [0.717, 1.165) is 51.1 Å². The quantitative estimate of drug-likeness (QED) is 0.620. The van der Waals surface area contributed by atoms with E-state index in [2.05, 4.69) is 30.7 Å². The molecular formula is C14H31N2OP. The predicted molar refractivity (Wildman–Crippen MR) is 80.3 cm³/mol. The van der Waals surface area contributed by atoms with Crippen molar-refractivity contribution in [2.75, 3.05) is 32.5 Å². The van der Waals surface area contributed by atoms with Crippen molar-refractivity contribution in [2.45, 2.75) is 58.8 Å². The van der Waals surface area contributed by atoms with Crippen LogP contribution in [0.4, 0.5) is 0 Å². The maximum atomic E-state index is 13.2. The van der Waals surface area contributed by atoms with Gasteiger partial charge in [-0.15, -0.1) is 0 Å². The van der Waals surface area contributed by atoms with E-state index in [1.807, 2.05) is 0 Å². The summed E-state index contributed by atoms with van der Waals surface area (Å²) in [5.41, 5.74) is 0. The highest BCUT2D eigenvalue weighted by molar-refractivity contribution is 7.61. The molecule has 0 aromatic rings. The topological polar surface area (TPSA) is 23.6 Å². The number of nitrogens with zero attached hydrogens (tertiary/aromatic N) is 2. The molecule has 1 rings (SSSR count). The molecule has 18 heavy (non-hydrogen) atoms. The lowest BCUT2D eigenvalue weighted by atomic mass is 10.2. The molecule has 0 spiro atoms. The van der Waals surface area contributed by atoms with Crippen molar-refractivity contribution in [3.05, 3.63) is 0 Å². The van der Waals surface area contributed by atoms with Gasteiger partial charge in [0.1, 0.15) is 0 Å². The average Bonchev–Trinajstić information content (AvgIpc) is 2.43. The number of unbranched alkanes of at least 4 members (excludes halogenated alkanes) is 2. The molecule has 108 valence electrons. The van der Waals surface area contributed by atoms with Gasteiger partial charge in [0.05, 0.1) is 0 Å². The number of hydrazine groups is 1. The minimum absolute atomic E-state index is 0.899. The Morgan fingerprint density at radius 3 is 1.94 bits per heavy atom. The summed E-state index contributed by atoms with van der Waals surface area (Å²) in [6.45, 7) is 6.56. The summed E-state index contributed by atoms with van der Waals surface area (Å²) in [5.74, 6) is 0. The third kappa shape index (κ3) is 4.68. The van der Waals surface area contributed by atoms with Crippen LogP contribution >= 0.6 is 7.29 Å². The van der Waals surface area contributed by atoms with Crippen LogP contribution in [0, 0.1) is 0 Å². The Bertz CT molecular complexity index is 253. The van der Waals surface area contributed by atoms with Gasteiger partial charge >= 0.3 is 0 Å². The summed E-state index contributed by atoms with van der Waals surface area (Å²) >= 11 is 0. The van der Waals surface area contributed by atoms with E-state index in [4.69, 9.17) is 0 Å². The standard InChI is InChI=1S/C14H31N2OP/c1-4-6-13-18(17,14-7-5-2)15(3)16-11-9-8-10-12-16/h4-14H2,1-3H3. The van der Waals surface area contributed by atoms with Crippen LogP contribution in [0.15, 0.2) is 0 Å². The zero-order valence-corrected chi connectivity index (χ0v) is 13.4. The minimum Gasteiger partial charge on any atom is -0.305 e. The molecule has 1 saturated heterocycles. The van der Waals surface area contributed by atoms with Gasteiger partial charge < -0.3 is 4.57 Å². The lowest BCUT2D eigenvalue weighted by molar-refractivity contribution is 0.0580. The number of piperidine rings is 1. The first kappa shape index (κ1) is 16.2. The molecule has 0 aromatic heterocycles. The van der Waals surface area contributed by atoms with Gasteiger partial charge in [-0.2, -0.15) is 4.78 Å². The molecule has 0 radical (unpaired) electrons. The van der Waals surface area contributed by atoms with Gasteiger partial charge in [-0.3, -0.25) is 0 Å². The summed E-state index contributed by atoms with van der Waals surface area (Å²) in [4.78, 5) is 0. The molecular weight excluding hydrogens is 243 g/mol. The molecule has 1 aliphatic rings. The molecule has 3 nitrogen and oxygen atoms in total. The number of hydrogen-bond donors (Lipinski definition) is 0. The lowest BCUT2D eigenvalue weighted by Crippen LogP contribution is -2.42. The third-order valence-electron chi connectivity index (χ3n) is 3.99. The molecule has 0 amide bonds. The van der Waals surface area contributed by atoms with E-state index in [1.165, 1.54) is 19.3 Å². The van der Waals surface area contributed by atoms with Gasteiger partial charge in [0.15, 0.2) is 7.29 Å². The largest absolute Gasteiger partial charge is 0.305 e. The van der Waals surface area contributed by atoms with Crippen LogP contribution in [0.2, 0.25) is 0 Å². The van der Waals surface area contributed by atoms with E-state index in [-0.39, 0.29) is 0 Å². The molecule has 0 aromatic carbocycles. The third-order valence-corrected chi connectivity index (χ3v) is 7.33. The van der Waals surface area contributed by atoms with E-state index in [1.54, 1.807) is 0 Å². The van der Waals surface area contributed by atoms with Gasteiger partial charge in [0.25, 0.3) is 0 Å². The molecule has 1 fully saturated rings. The van der Waals surface area contributed by atoms with Gasteiger partial charge in [-0.1, -0.05) is 33.1 Å². The SMILES string of the molecule is CCCCP(=O)(CCCC)N(C)N1CCCCC1.